The second-order valence-corrected chi connectivity index (χ2v) is 9.65. The molecule has 138 valence electrons. The van der Waals surface area contributed by atoms with E-state index in [1.54, 1.807) is 16.4 Å². The summed E-state index contributed by atoms with van der Waals surface area (Å²) < 4.78 is 1.61. The first-order valence-corrected chi connectivity index (χ1v) is 9.78. The van der Waals surface area contributed by atoms with Crippen molar-refractivity contribution in [3.05, 3.63) is 41.2 Å². The van der Waals surface area contributed by atoms with Crippen LogP contribution in [0.1, 0.15) is 56.6 Å². The predicted octanol–water partition coefficient (Wildman–Crippen LogP) is 1.91. The minimum absolute atomic E-state index is 0.0120. The SMILES string of the molecule is CC(C)c1ccc(Cn2nnnc2C2N3C(=O)C(N)[C@@H]3SC2(C)C)cc1. The van der Waals surface area contributed by atoms with Gasteiger partial charge < -0.3 is 10.6 Å². The summed E-state index contributed by atoms with van der Waals surface area (Å²) in [6, 6.07) is 7.93. The molecule has 1 aromatic heterocycles. The number of hydrogen-bond acceptors (Lipinski definition) is 6. The van der Waals surface area contributed by atoms with Crippen LogP contribution in [-0.2, 0) is 11.3 Å². The molecule has 4 rings (SSSR count). The Bertz CT molecular complexity index is 830. The molecule has 0 bridgehead atoms. The zero-order valence-electron chi connectivity index (χ0n) is 15.5. The van der Waals surface area contributed by atoms with E-state index in [-0.39, 0.29) is 22.1 Å². The molecule has 2 aromatic rings. The first-order valence-electron chi connectivity index (χ1n) is 8.90. The highest BCUT2D eigenvalue weighted by Crippen LogP contribution is 2.56. The van der Waals surface area contributed by atoms with Gasteiger partial charge in [-0.3, -0.25) is 4.79 Å². The second kappa shape index (κ2) is 6.06. The Labute approximate surface area is 157 Å². The number of hydrogen-bond donors (Lipinski definition) is 1. The molecule has 8 heteroatoms. The molecule has 0 aliphatic carbocycles. The van der Waals surface area contributed by atoms with Crippen LogP contribution in [0, 0.1) is 0 Å². The molecule has 3 atom stereocenters. The highest BCUT2D eigenvalue weighted by atomic mass is 32.2. The summed E-state index contributed by atoms with van der Waals surface area (Å²) in [6.07, 6.45) is 0. The van der Waals surface area contributed by atoms with Crippen LogP contribution in [-0.4, -0.2) is 47.2 Å². The van der Waals surface area contributed by atoms with Gasteiger partial charge in [0.1, 0.15) is 17.5 Å². The van der Waals surface area contributed by atoms with Gasteiger partial charge in [-0.05, 0) is 41.3 Å². The lowest BCUT2D eigenvalue weighted by Gasteiger charge is -2.42. The Kier molecular flexibility index (Phi) is 4.07. The summed E-state index contributed by atoms with van der Waals surface area (Å²) in [4.78, 5) is 14.2. The number of thioether (sulfide) groups is 1. The Balaban J connectivity index is 1.62. The molecular weight excluding hydrogens is 348 g/mol. The smallest absolute Gasteiger partial charge is 0.244 e. The van der Waals surface area contributed by atoms with E-state index in [0.717, 1.165) is 11.4 Å². The van der Waals surface area contributed by atoms with Crippen molar-refractivity contribution in [1.29, 1.82) is 0 Å². The van der Waals surface area contributed by atoms with E-state index in [1.165, 1.54) is 5.56 Å². The molecule has 2 aliphatic rings. The maximum Gasteiger partial charge on any atom is 0.244 e. The van der Waals surface area contributed by atoms with E-state index in [9.17, 15) is 4.79 Å². The Morgan fingerprint density at radius 1 is 1.27 bits per heavy atom. The molecule has 2 aliphatic heterocycles. The number of fused-ring (bicyclic) bond motifs is 1. The molecule has 2 unspecified atom stereocenters. The third kappa shape index (κ3) is 2.63. The zero-order chi connectivity index (χ0) is 18.6. The topological polar surface area (TPSA) is 89.9 Å². The van der Waals surface area contributed by atoms with E-state index in [4.69, 9.17) is 5.73 Å². The number of β-lactam (4-membered cyclic amide) rings is 1. The third-order valence-corrected chi connectivity index (χ3v) is 6.86. The van der Waals surface area contributed by atoms with Crippen molar-refractivity contribution >= 4 is 17.7 Å². The quantitative estimate of drug-likeness (QED) is 0.825. The largest absolute Gasteiger partial charge is 0.317 e. The first kappa shape index (κ1) is 17.5. The predicted molar refractivity (Wildman–Crippen MR) is 100 cm³/mol. The number of tetrazole rings is 1. The molecule has 1 aromatic carbocycles. The molecule has 0 radical (unpaired) electrons. The molecule has 2 N–H and O–H groups in total. The van der Waals surface area contributed by atoms with Crippen LogP contribution in [0.15, 0.2) is 24.3 Å². The number of nitrogens with two attached hydrogens (primary N) is 1. The highest BCUT2D eigenvalue weighted by Gasteiger charge is 2.61. The summed E-state index contributed by atoms with van der Waals surface area (Å²) in [6.45, 7) is 9.18. The zero-order valence-corrected chi connectivity index (χ0v) is 16.3. The van der Waals surface area contributed by atoms with Crippen LogP contribution < -0.4 is 5.73 Å². The molecule has 0 spiro atoms. The van der Waals surface area contributed by atoms with Crippen LogP contribution in [0.3, 0.4) is 0 Å². The fraction of sp³-hybridized carbons (Fsp3) is 0.556. The summed E-state index contributed by atoms with van der Waals surface area (Å²) >= 11 is 1.73. The number of nitrogens with zero attached hydrogens (tertiary/aromatic N) is 5. The highest BCUT2D eigenvalue weighted by molar-refractivity contribution is 8.01. The summed E-state index contributed by atoms with van der Waals surface area (Å²) in [7, 11) is 0. The van der Waals surface area contributed by atoms with E-state index in [1.807, 2.05) is 4.90 Å². The van der Waals surface area contributed by atoms with Crippen LogP contribution in [0.5, 0.6) is 0 Å². The second-order valence-electron chi connectivity index (χ2n) is 7.88. The fourth-order valence-electron chi connectivity index (χ4n) is 3.76. The van der Waals surface area contributed by atoms with E-state index >= 15 is 0 Å². The average Bonchev–Trinajstić information content (AvgIpc) is 3.14. The monoisotopic (exact) mass is 372 g/mol. The van der Waals surface area contributed by atoms with Crippen molar-refractivity contribution in [2.24, 2.45) is 5.73 Å². The van der Waals surface area contributed by atoms with Gasteiger partial charge in [-0.25, -0.2) is 4.68 Å². The van der Waals surface area contributed by atoms with Crippen molar-refractivity contribution in [3.63, 3.8) is 0 Å². The van der Waals surface area contributed by atoms with Gasteiger partial charge in [0.2, 0.25) is 5.91 Å². The molecule has 2 fully saturated rings. The van der Waals surface area contributed by atoms with Gasteiger partial charge in [-0.15, -0.1) is 16.9 Å². The van der Waals surface area contributed by atoms with Gasteiger partial charge in [0.25, 0.3) is 0 Å². The minimum Gasteiger partial charge on any atom is -0.317 e. The van der Waals surface area contributed by atoms with Crippen molar-refractivity contribution in [3.8, 4) is 0 Å². The molecular formula is C18H24N6OS. The van der Waals surface area contributed by atoms with E-state index in [0.29, 0.717) is 12.5 Å². The lowest BCUT2D eigenvalue weighted by atomic mass is 9.95. The normalized spacial score (nSPS) is 26.9. The third-order valence-electron chi connectivity index (χ3n) is 5.27. The average molecular weight is 372 g/mol. The molecule has 7 nitrogen and oxygen atoms in total. The van der Waals surface area contributed by atoms with Gasteiger partial charge in [0.15, 0.2) is 5.82 Å². The summed E-state index contributed by atoms with van der Waals surface area (Å²) in [5, 5.41) is 12.4. The van der Waals surface area contributed by atoms with E-state index < -0.39 is 6.04 Å². The van der Waals surface area contributed by atoms with Gasteiger partial charge in [-0.1, -0.05) is 38.1 Å². The lowest BCUT2D eigenvalue weighted by molar-refractivity contribution is -0.147. The molecule has 0 saturated carbocycles. The van der Waals surface area contributed by atoms with Crippen LogP contribution in [0.2, 0.25) is 0 Å². The maximum absolute atomic E-state index is 12.3. The Morgan fingerprint density at radius 2 is 1.96 bits per heavy atom. The fourth-order valence-corrected chi connectivity index (χ4v) is 5.33. The Hall–Kier alpha value is -1.93. The van der Waals surface area contributed by atoms with Gasteiger partial charge in [0, 0.05) is 4.75 Å². The molecule has 2 saturated heterocycles. The molecule has 26 heavy (non-hydrogen) atoms. The number of carbonyl (C=O) groups excluding carboxylic acids is 1. The lowest BCUT2D eigenvalue weighted by Crippen LogP contribution is -2.65. The van der Waals surface area contributed by atoms with Crippen LogP contribution in [0.25, 0.3) is 0 Å². The van der Waals surface area contributed by atoms with Crippen LogP contribution >= 0.6 is 11.8 Å². The number of benzene rings is 1. The number of aromatic nitrogens is 4. The van der Waals surface area contributed by atoms with Gasteiger partial charge in [0.05, 0.1) is 6.54 Å². The van der Waals surface area contributed by atoms with Gasteiger partial charge >= 0.3 is 0 Å². The summed E-state index contributed by atoms with van der Waals surface area (Å²) in [5.41, 5.74) is 8.41. The number of amides is 1. The van der Waals surface area contributed by atoms with Crippen molar-refractivity contribution < 1.29 is 4.79 Å². The summed E-state index contributed by atoms with van der Waals surface area (Å²) in [5.74, 6) is 1.20. The van der Waals surface area contributed by atoms with Crippen molar-refractivity contribution in [2.45, 2.75) is 62.4 Å². The number of rotatable bonds is 4. The molecule has 1 amide bonds. The molecule has 3 heterocycles. The minimum atomic E-state index is -0.419. The van der Waals surface area contributed by atoms with Crippen molar-refractivity contribution in [1.82, 2.24) is 25.1 Å². The standard InChI is InChI=1S/C18H24N6OS/c1-10(2)12-7-5-11(6-8-12)9-23-15(20-21-22-23)14-18(3,4)26-17-13(19)16(25)24(14)17/h5-8,10,13-14,17H,9,19H2,1-4H3/t13?,14?,17-/m0/s1. The van der Waals surface area contributed by atoms with Gasteiger partial charge in [-0.2, -0.15) is 0 Å². The maximum atomic E-state index is 12.3. The first-order chi connectivity index (χ1) is 12.3. The van der Waals surface area contributed by atoms with Crippen LogP contribution in [0.4, 0.5) is 0 Å². The Morgan fingerprint density at radius 3 is 2.62 bits per heavy atom. The number of carbonyl (C=O) groups is 1. The van der Waals surface area contributed by atoms with E-state index in [2.05, 4.69) is 67.5 Å². The van der Waals surface area contributed by atoms with Crippen molar-refractivity contribution in [2.75, 3.05) is 0 Å².